The van der Waals surface area contributed by atoms with Gasteiger partial charge in [-0.3, -0.25) is 9.97 Å². The van der Waals surface area contributed by atoms with Crippen LogP contribution in [0.25, 0.3) is 16.5 Å². The first-order valence-electron chi connectivity index (χ1n) is 12.1. The van der Waals surface area contributed by atoms with E-state index in [0.29, 0.717) is 0 Å². The van der Waals surface area contributed by atoms with Crippen LogP contribution in [0.15, 0.2) is 35.4 Å². The number of methoxy groups -OCH3 is 1. The average Bonchev–Trinajstić information content (AvgIpc) is 3.24. The number of fused-ring (bicyclic) bond motifs is 1. The van der Waals surface area contributed by atoms with Crippen molar-refractivity contribution in [1.82, 2.24) is 24.6 Å². The molecule has 0 radical (unpaired) electrons. The molecule has 0 bridgehead atoms. The van der Waals surface area contributed by atoms with E-state index < -0.39 is 0 Å². The lowest BCUT2D eigenvalue weighted by Gasteiger charge is -2.33. The van der Waals surface area contributed by atoms with Crippen molar-refractivity contribution in [2.75, 3.05) is 26.7 Å². The molecule has 2 fully saturated rings. The molecule has 1 saturated carbocycles. The molecule has 1 saturated heterocycles. The molecule has 2 aromatic heterocycles. The van der Waals surface area contributed by atoms with Crippen LogP contribution in [0.3, 0.4) is 0 Å². The fraction of sp³-hybridized carbons (Fsp3) is 0.560. The maximum absolute atomic E-state index is 12.9. The number of aromatic amines is 1. The second-order valence-electron chi connectivity index (χ2n) is 9.37. The molecule has 3 heterocycles. The van der Waals surface area contributed by atoms with E-state index in [4.69, 9.17) is 9.84 Å². The Bertz CT molecular complexity index is 1110. The van der Waals surface area contributed by atoms with Gasteiger partial charge in [0.15, 0.2) is 0 Å². The molecule has 1 atom stereocenters. The molecule has 5 rings (SSSR count). The zero-order valence-corrected chi connectivity index (χ0v) is 18.9. The Hall–Kier alpha value is -2.67. The van der Waals surface area contributed by atoms with Gasteiger partial charge in [-0.25, -0.2) is 4.79 Å². The second-order valence-corrected chi connectivity index (χ2v) is 9.37. The number of hydrogen-bond acceptors (Lipinski definition) is 5. The SMILES string of the molecule is COc1ccc(-n2nc(C3CCCN(CCC4CCCCC4)C3)[nH]c2=O)c2ccncc12. The van der Waals surface area contributed by atoms with Gasteiger partial charge in [0.25, 0.3) is 0 Å². The molecule has 1 aliphatic carbocycles. The molecule has 1 aliphatic heterocycles. The summed E-state index contributed by atoms with van der Waals surface area (Å²) >= 11 is 0. The van der Waals surface area contributed by atoms with E-state index in [1.165, 1.54) is 49.8 Å². The van der Waals surface area contributed by atoms with E-state index in [1.807, 2.05) is 18.2 Å². The van der Waals surface area contributed by atoms with E-state index in [0.717, 1.165) is 59.9 Å². The number of rotatable bonds is 6. The topological polar surface area (TPSA) is 76.0 Å². The molecule has 7 heteroatoms. The van der Waals surface area contributed by atoms with E-state index in [9.17, 15) is 4.79 Å². The molecule has 32 heavy (non-hydrogen) atoms. The number of likely N-dealkylation sites (tertiary alicyclic amines) is 1. The van der Waals surface area contributed by atoms with Crippen LogP contribution < -0.4 is 10.4 Å². The lowest BCUT2D eigenvalue weighted by molar-refractivity contribution is 0.182. The monoisotopic (exact) mass is 435 g/mol. The number of hydrogen-bond donors (Lipinski definition) is 1. The summed E-state index contributed by atoms with van der Waals surface area (Å²) in [6, 6.07) is 5.67. The predicted octanol–water partition coefficient (Wildman–Crippen LogP) is 4.27. The quantitative estimate of drug-likeness (QED) is 0.626. The average molecular weight is 436 g/mol. The highest BCUT2D eigenvalue weighted by molar-refractivity contribution is 5.94. The van der Waals surface area contributed by atoms with Crippen molar-refractivity contribution in [3.05, 3.63) is 46.9 Å². The highest BCUT2D eigenvalue weighted by Gasteiger charge is 2.26. The highest BCUT2D eigenvalue weighted by Crippen LogP contribution is 2.31. The fourth-order valence-electron chi connectivity index (χ4n) is 5.52. The second kappa shape index (κ2) is 9.45. The number of H-pyrrole nitrogens is 1. The number of nitrogens with zero attached hydrogens (tertiary/aromatic N) is 4. The van der Waals surface area contributed by atoms with E-state index in [-0.39, 0.29) is 11.6 Å². The lowest BCUT2D eigenvalue weighted by Crippen LogP contribution is -2.36. The summed E-state index contributed by atoms with van der Waals surface area (Å²) in [6.07, 6.45) is 14.1. The van der Waals surface area contributed by atoms with Crippen molar-refractivity contribution in [2.24, 2.45) is 5.92 Å². The van der Waals surface area contributed by atoms with E-state index in [2.05, 4.69) is 14.9 Å². The Balaban J connectivity index is 1.34. The molecule has 170 valence electrons. The third-order valence-corrected chi connectivity index (χ3v) is 7.31. The predicted molar refractivity (Wildman–Crippen MR) is 126 cm³/mol. The largest absolute Gasteiger partial charge is 0.496 e. The van der Waals surface area contributed by atoms with Crippen LogP contribution in [0, 0.1) is 5.92 Å². The third kappa shape index (κ3) is 4.31. The van der Waals surface area contributed by atoms with Crippen molar-refractivity contribution >= 4 is 10.8 Å². The van der Waals surface area contributed by atoms with Gasteiger partial charge in [0.1, 0.15) is 11.6 Å². The normalized spacial score (nSPS) is 20.6. The smallest absolute Gasteiger partial charge is 0.348 e. The summed E-state index contributed by atoms with van der Waals surface area (Å²) in [7, 11) is 1.64. The molecule has 2 aliphatic rings. The highest BCUT2D eigenvalue weighted by atomic mass is 16.5. The van der Waals surface area contributed by atoms with Gasteiger partial charge in [-0.2, -0.15) is 4.68 Å². The maximum atomic E-state index is 12.9. The summed E-state index contributed by atoms with van der Waals surface area (Å²) in [5, 5.41) is 6.53. The maximum Gasteiger partial charge on any atom is 0.348 e. The Morgan fingerprint density at radius 3 is 2.81 bits per heavy atom. The van der Waals surface area contributed by atoms with Gasteiger partial charge in [-0.15, -0.1) is 5.10 Å². The molecular weight excluding hydrogens is 402 g/mol. The molecule has 0 amide bonds. The van der Waals surface area contributed by atoms with Crippen molar-refractivity contribution in [3.63, 3.8) is 0 Å². The van der Waals surface area contributed by atoms with Gasteiger partial charge >= 0.3 is 5.69 Å². The molecule has 7 nitrogen and oxygen atoms in total. The molecule has 1 N–H and O–H groups in total. The Morgan fingerprint density at radius 2 is 1.97 bits per heavy atom. The fourth-order valence-corrected chi connectivity index (χ4v) is 5.52. The summed E-state index contributed by atoms with van der Waals surface area (Å²) in [4.78, 5) is 22.7. The Kier molecular flexibility index (Phi) is 6.26. The van der Waals surface area contributed by atoms with Crippen LogP contribution >= 0.6 is 0 Å². The summed E-state index contributed by atoms with van der Waals surface area (Å²) in [5.74, 6) is 2.72. The minimum absolute atomic E-state index is 0.192. The zero-order valence-electron chi connectivity index (χ0n) is 18.9. The number of nitrogens with one attached hydrogen (secondary N) is 1. The van der Waals surface area contributed by atoms with Crippen LogP contribution in [-0.2, 0) is 0 Å². The standard InChI is InChI=1S/C25H33N5O2/c1-32-23-10-9-22(20-11-13-26-16-21(20)23)30-25(31)27-24(28-30)19-8-5-14-29(17-19)15-12-18-6-3-2-4-7-18/h9-11,13,16,18-19H,2-8,12,14-15,17H2,1H3,(H,27,28,31). The van der Waals surface area contributed by atoms with Crippen molar-refractivity contribution in [1.29, 1.82) is 0 Å². The summed E-state index contributed by atoms with van der Waals surface area (Å²) < 4.78 is 6.96. The molecule has 3 aromatic rings. The van der Waals surface area contributed by atoms with E-state index >= 15 is 0 Å². The van der Waals surface area contributed by atoms with E-state index in [1.54, 1.807) is 19.5 Å². The van der Waals surface area contributed by atoms with Gasteiger partial charge in [0.2, 0.25) is 0 Å². The minimum Gasteiger partial charge on any atom is -0.496 e. The lowest BCUT2D eigenvalue weighted by atomic mass is 9.86. The van der Waals surface area contributed by atoms with Crippen LogP contribution in [0.1, 0.15) is 63.1 Å². The summed E-state index contributed by atoms with van der Waals surface area (Å²) in [5.41, 5.74) is 0.559. The van der Waals surface area contributed by atoms with Crippen LogP contribution in [0.4, 0.5) is 0 Å². The Morgan fingerprint density at radius 1 is 1.09 bits per heavy atom. The summed E-state index contributed by atoms with van der Waals surface area (Å²) in [6.45, 7) is 3.31. The van der Waals surface area contributed by atoms with Crippen LogP contribution in [-0.4, -0.2) is 51.4 Å². The van der Waals surface area contributed by atoms with Crippen LogP contribution in [0.5, 0.6) is 5.75 Å². The molecule has 1 unspecified atom stereocenters. The van der Waals surface area contributed by atoms with Gasteiger partial charge < -0.3 is 9.64 Å². The molecule has 1 aromatic carbocycles. The zero-order chi connectivity index (χ0) is 21.9. The first kappa shape index (κ1) is 21.2. The molecule has 0 spiro atoms. The van der Waals surface area contributed by atoms with Crippen molar-refractivity contribution in [3.8, 4) is 11.4 Å². The third-order valence-electron chi connectivity index (χ3n) is 7.31. The number of benzene rings is 1. The van der Waals surface area contributed by atoms with Gasteiger partial charge in [-0.1, -0.05) is 32.1 Å². The van der Waals surface area contributed by atoms with Gasteiger partial charge in [0.05, 0.1) is 12.8 Å². The van der Waals surface area contributed by atoms with Crippen molar-refractivity contribution in [2.45, 2.75) is 57.3 Å². The van der Waals surface area contributed by atoms with Gasteiger partial charge in [0, 0.05) is 35.6 Å². The van der Waals surface area contributed by atoms with Crippen LogP contribution in [0.2, 0.25) is 0 Å². The number of ether oxygens (including phenoxy) is 1. The first-order chi connectivity index (χ1) is 15.7. The first-order valence-corrected chi connectivity index (χ1v) is 12.1. The number of pyridine rings is 1. The molecular formula is C25H33N5O2. The minimum atomic E-state index is -0.192. The number of aromatic nitrogens is 4. The van der Waals surface area contributed by atoms with Gasteiger partial charge in [-0.05, 0) is 56.5 Å². The Labute approximate surface area is 188 Å². The number of piperidine rings is 1. The van der Waals surface area contributed by atoms with Crippen molar-refractivity contribution < 1.29 is 4.74 Å².